The van der Waals surface area contributed by atoms with E-state index in [0.29, 0.717) is 18.0 Å². The SMILES string of the molecule is CCN(C)c1nc2cc(F)ccc2n1CCC(=O)O. The van der Waals surface area contributed by atoms with Crippen molar-refractivity contribution >= 4 is 23.0 Å². The Balaban J connectivity index is 2.51. The van der Waals surface area contributed by atoms with E-state index in [1.54, 1.807) is 6.07 Å². The number of carboxylic acids is 1. The van der Waals surface area contributed by atoms with Crippen molar-refractivity contribution in [3.63, 3.8) is 0 Å². The van der Waals surface area contributed by atoms with E-state index in [1.165, 1.54) is 12.1 Å². The Morgan fingerprint density at radius 1 is 1.53 bits per heavy atom. The molecule has 1 N–H and O–H groups in total. The standard InChI is InChI=1S/C13H16FN3O2/c1-3-16(2)13-15-10-8-9(14)4-5-11(10)17(13)7-6-12(18)19/h4-5,8H,3,6-7H2,1-2H3,(H,18,19). The molecule has 2 aromatic rings. The molecular formula is C13H16FN3O2. The Bertz CT molecular complexity index is 609. The molecule has 0 spiro atoms. The van der Waals surface area contributed by atoms with Gasteiger partial charge in [0.2, 0.25) is 5.95 Å². The molecule has 0 radical (unpaired) electrons. The number of benzene rings is 1. The first kappa shape index (κ1) is 13.3. The second-order valence-corrected chi connectivity index (χ2v) is 4.35. The fourth-order valence-electron chi connectivity index (χ4n) is 1.95. The molecule has 1 heterocycles. The third kappa shape index (κ3) is 2.67. The van der Waals surface area contributed by atoms with E-state index in [9.17, 15) is 9.18 Å². The highest BCUT2D eigenvalue weighted by Crippen LogP contribution is 2.23. The molecule has 1 aromatic heterocycles. The molecule has 0 saturated heterocycles. The van der Waals surface area contributed by atoms with Crippen molar-refractivity contribution in [2.45, 2.75) is 19.9 Å². The summed E-state index contributed by atoms with van der Waals surface area (Å²) in [5.74, 6) is -0.556. The molecule has 0 atom stereocenters. The summed E-state index contributed by atoms with van der Waals surface area (Å²) in [6, 6.07) is 4.35. The Hall–Kier alpha value is -2.11. The second-order valence-electron chi connectivity index (χ2n) is 4.35. The lowest BCUT2D eigenvalue weighted by Crippen LogP contribution is -2.21. The lowest BCUT2D eigenvalue weighted by atomic mass is 10.3. The summed E-state index contributed by atoms with van der Waals surface area (Å²) in [4.78, 5) is 17.0. The average Bonchev–Trinajstić information content (AvgIpc) is 2.72. The first-order chi connectivity index (χ1) is 9.02. The summed E-state index contributed by atoms with van der Waals surface area (Å²) in [5, 5.41) is 8.81. The maximum atomic E-state index is 13.2. The van der Waals surface area contributed by atoms with Gasteiger partial charge in [-0.1, -0.05) is 0 Å². The molecule has 0 aliphatic heterocycles. The van der Waals surface area contributed by atoms with Crippen molar-refractivity contribution in [2.75, 3.05) is 18.5 Å². The lowest BCUT2D eigenvalue weighted by Gasteiger charge is -2.17. The molecule has 0 fully saturated rings. The number of fused-ring (bicyclic) bond motifs is 1. The van der Waals surface area contributed by atoms with Gasteiger partial charge < -0.3 is 14.6 Å². The third-order valence-corrected chi connectivity index (χ3v) is 3.06. The fraction of sp³-hybridized carbons (Fsp3) is 0.385. The molecule has 19 heavy (non-hydrogen) atoms. The molecule has 0 aliphatic rings. The van der Waals surface area contributed by atoms with Crippen LogP contribution in [0.5, 0.6) is 0 Å². The number of nitrogens with zero attached hydrogens (tertiary/aromatic N) is 3. The maximum absolute atomic E-state index is 13.2. The predicted molar refractivity (Wildman–Crippen MR) is 70.9 cm³/mol. The monoisotopic (exact) mass is 265 g/mol. The lowest BCUT2D eigenvalue weighted by molar-refractivity contribution is -0.137. The van der Waals surface area contributed by atoms with Crippen molar-refractivity contribution in [3.05, 3.63) is 24.0 Å². The van der Waals surface area contributed by atoms with Crippen LogP contribution in [0.1, 0.15) is 13.3 Å². The number of carbonyl (C=O) groups is 1. The molecule has 0 amide bonds. The van der Waals surface area contributed by atoms with E-state index in [0.717, 1.165) is 12.1 Å². The van der Waals surface area contributed by atoms with Gasteiger partial charge in [0.25, 0.3) is 0 Å². The number of imidazole rings is 1. The van der Waals surface area contributed by atoms with Crippen LogP contribution in [0.2, 0.25) is 0 Å². The summed E-state index contributed by atoms with van der Waals surface area (Å²) >= 11 is 0. The minimum Gasteiger partial charge on any atom is -0.481 e. The van der Waals surface area contributed by atoms with Gasteiger partial charge in [-0.2, -0.15) is 0 Å². The van der Waals surface area contributed by atoms with Gasteiger partial charge in [0.15, 0.2) is 0 Å². The molecular weight excluding hydrogens is 249 g/mol. The number of anilines is 1. The zero-order valence-electron chi connectivity index (χ0n) is 10.9. The van der Waals surface area contributed by atoms with E-state index in [2.05, 4.69) is 4.98 Å². The molecule has 5 nitrogen and oxygen atoms in total. The van der Waals surface area contributed by atoms with E-state index in [1.807, 2.05) is 23.4 Å². The molecule has 102 valence electrons. The van der Waals surface area contributed by atoms with E-state index in [4.69, 9.17) is 5.11 Å². The number of carboxylic acid groups (broad SMARTS) is 1. The highest BCUT2D eigenvalue weighted by atomic mass is 19.1. The largest absolute Gasteiger partial charge is 0.481 e. The van der Waals surface area contributed by atoms with Crippen molar-refractivity contribution in [2.24, 2.45) is 0 Å². The van der Waals surface area contributed by atoms with Crippen molar-refractivity contribution in [3.8, 4) is 0 Å². The third-order valence-electron chi connectivity index (χ3n) is 3.06. The topological polar surface area (TPSA) is 58.4 Å². The second kappa shape index (κ2) is 5.26. The maximum Gasteiger partial charge on any atom is 0.305 e. The van der Waals surface area contributed by atoms with E-state index >= 15 is 0 Å². The molecule has 0 saturated carbocycles. The molecule has 2 rings (SSSR count). The zero-order valence-corrected chi connectivity index (χ0v) is 10.9. The predicted octanol–water partition coefficient (Wildman–Crippen LogP) is 2.11. The Labute approximate surface area is 110 Å². The van der Waals surface area contributed by atoms with Gasteiger partial charge in [-0.05, 0) is 19.1 Å². The summed E-state index contributed by atoms with van der Waals surface area (Å²) in [5.41, 5.74) is 1.29. The minimum absolute atomic E-state index is 0.00733. The van der Waals surface area contributed by atoms with E-state index in [-0.39, 0.29) is 12.2 Å². The first-order valence-corrected chi connectivity index (χ1v) is 6.11. The van der Waals surface area contributed by atoms with Crippen LogP contribution in [0, 0.1) is 5.82 Å². The number of halogens is 1. The molecule has 0 bridgehead atoms. The van der Waals surface area contributed by atoms with Gasteiger partial charge in [-0.25, -0.2) is 9.37 Å². The van der Waals surface area contributed by atoms with E-state index < -0.39 is 5.97 Å². The van der Waals surface area contributed by atoms with Crippen molar-refractivity contribution < 1.29 is 14.3 Å². The van der Waals surface area contributed by atoms with Crippen LogP contribution in [0.4, 0.5) is 10.3 Å². The summed E-state index contributed by atoms with van der Waals surface area (Å²) in [6.07, 6.45) is 0.00733. The van der Waals surface area contributed by atoms with Gasteiger partial charge in [0.05, 0.1) is 17.5 Å². The number of aromatic nitrogens is 2. The minimum atomic E-state index is -0.867. The number of aryl methyl sites for hydroxylation is 1. The zero-order chi connectivity index (χ0) is 14.0. The number of rotatable bonds is 5. The smallest absolute Gasteiger partial charge is 0.305 e. The number of hydrogen-bond donors (Lipinski definition) is 1. The van der Waals surface area contributed by atoms with Crippen LogP contribution < -0.4 is 4.90 Å². The van der Waals surface area contributed by atoms with Gasteiger partial charge in [-0.15, -0.1) is 0 Å². The van der Waals surface area contributed by atoms with Crippen LogP contribution in [0.15, 0.2) is 18.2 Å². The number of aliphatic carboxylic acids is 1. The highest BCUT2D eigenvalue weighted by Gasteiger charge is 2.14. The molecule has 0 unspecified atom stereocenters. The highest BCUT2D eigenvalue weighted by molar-refractivity contribution is 5.79. The average molecular weight is 265 g/mol. The van der Waals surface area contributed by atoms with Crippen LogP contribution in [0.25, 0.3) is 11.0 Å². The van der Waals surface area contributed by atoms with Crippen LogP contribution in [-0.2, 0) is 11.3 Å². The van der Waals surface area contributed by atoms with Crippen LogP contribution in [-0.4, -0.2) is 34.2 Å². The van der Waals surface area contributed by atoms with Crippen LogP contribution in [0.3, 0.4) is 0 Å². The summed E-state index contributed by atoms with van der Waals surface area (Å²) in [6.45, 7) is 3.03. The Morgan fingerprint density at radius 2 is 2.26 bits per heavy atom. The molecule has 0 aliphatic carbocycles. The Kier molecular flexibility index (Phi) is 3.69. The molecule has 6 heteroatoms. The quantitative estimate of drug-likeness (QED) is 0.899. The van der Waals surface area contributed by atoms with Crippen molar-refractivity contribution in [1.82, 2.24) is 9.55 Å². The van der Waals surface area contributed by atoms with Gasteiger partial charge in [-0.3, -0.25) is 4.79 Å². The summed E-state index contributed by atoms with van der Waals surface area (Å²) in [7, 11) is 1.87. The normalized spacial score (nSPS) is 10.9. The van der Waals surface area contributed by atoms with Crippen molar-refractivity contribution in [1.29, 1.82) is 0 Å². The van der Waals surface area contributed by atoms with Crippen LogP contribution >= 0.6 is 0 Å². The fourth-order valence-corrected chi connectivity index (χ4v) is 1.95. The summed E-state index contributed by atoms with van der Waals surface area (Å²) < 4.78 is 15.0. The van der Waals surface area contributed by atoms with Gasteiger partial charge in [0, 0.05) is 26.2 Å². The van der Waals surface area contributed by atoms with Gasteiger partial charge >= 0.3 is 5.97 Å². The Morgan fingerprint density at radius 3 is 2.89 bits per heavy atom. The van der Waals surface area contributed by atoms with Gasteiger partial charge in [0.1, 0.15) is 5.82 Å². The molecule has 1 aromatic carbocycles. The first-order valence-electron chi connectivity index (χ1n) is 6.11. The number of hydrogen-bond acceptors (Lipinski definition) is 3.